The molecule has 3 aliphatic rings. The lowest BCUT2D eigenvalue weighted by atomic mass is 9.93. The van der Waals surface area contributed by atoms with Crippen LogP contribution >= 0.6 is 0 Å². The summed E-state index contributed by atoms with van der Waals surface area (Å²) in [5.41, 5.74) is 16.4. The van der Waals surface area contributed by atoms with Crippen molar-refractivity contribution in [2.75, 3.05) is 23.4 Å². The van der Waals surface area contributed by atoms with E-state index in [4.69, 9.17) is 0 Å². The van der Waals surface area contributed by atoms with Crippen LogP contribution in [0.5, 0.6) is 0 Å². The first-order valence-electron chi connectivity index (χ1n) is 24.1. The molecule has 1 aliphatic carbocycles. The molecule has 4 nitrogen and oxygen atoms in total. The van der Waals surface area contributed by atoms with Crippen LogP contribution in [0, 0.1) is 0 Å². The van der Waals surface area contributed by atoms with Gasteiger partial charge in [-0.1, -0.05) is 180 Å². The van der Waals surface area contributed by atoms with Gasteiger partial charge < -0.3 is 15.1 Å². The van der Waals surface area contributed by atoms with Gasteiger partial charge in [0.1, 0.15) is 0 Å². The van der Waals surface area contributed by atoms with Crippen LogP contribution in [0.2, 0.25) is 0 Å². The van der Waals surface area contributed by atoms with Gasteiger partial charge in [0.25, 0.3) is 0 Å². The fourth-order valence-corrected chi connectivity index (χ4v) is 7.92. The Morgan fingerprint density at radius 1 is 0.794 bits per heavy atom. The highest BCUT2D eigenvalue weighted by Gasteiger charge is 2.16. The van der Waals surface area contributed by atoms with Crippen molar-refractivity contribution in [1.29, 1.82) is 0 Å². The first-order chi connectivity index (χ1) is 33.4. The number of aliphatic imine (C=N–C) groups is 1. The molecule has 0 unspecified atom stereocenters. The summed E-state index contributed by atoms with van der Waals surface area (Å²) in [5.74, 6) is 0. The zero-order chi connectivity index (χ0) is 48.5. The fourth-order valence-electron chi connectivity index (χ4n) is 7.92. The molecule has 0 aromatic heterocycles. The monoisotopic (exact) mass is 895 g/mol. The number of aryl methyl sites for hydroxylation is 1. The summed E-state index contributed by atoms with van der Waals surface area (Å²) in [6.07, 6.45) is 44.0. The van der Waals surface area contributed by atoms with Gasteiger partial charge in [0.05, 0.1) is 11.4 Å². The molecule has 4 heteroatoms. The molecule has 0 fully saturated rings. The second-order valence-electron chi connectivity index (χ2n) is 15.8. The molecule has 0 bridgehead atoms. The topological polar surface area (TPSA) is 30.9 Å². The summed E-state index contributed by atoms with van der Waals surface area (Å²) in [5, 5.41) is 3.58. The van der Waals surface area contributed by atoms with Crippen molar-refractivity contribution in [2.24, 2.45) is 4.99 Å². The van der Waals surface area contributed by atoms with Crippen LogP contribution in [0.4, 0.5) is 11.4 Å². The number of nitrogens with zero attached hydrogens (tertiary/aromatic N) is 3. The number of anilines is 2. The van der Waals surface area contributed by atoms with Crippen molar-refractivity contribution in [3.8, 4) is 11.1 Å². The minimum atomic E-state index is 0.710. The van der Waals surface area contributed by atoms with Crippen LogP contribution in [-0.4, -0.2) is 20.3 Å². The van der Waals surface area contributed by atoms with E-state index in [0.717, 1.165) is 88.3 Å². The number of dihydropyridines is 1. The smallest absolute Gasteiger partial charge is 0.0700 e. The molecule has 0 saturated carbocycles. The highest BCUT2D eigenvalue weighted by molar-refractivity contribution is 5.84. The van der Waals surface area contributed by atoms with Crippen LogP contribution in [0.15, 0.2) is 253 Å². The third-order valence-corrected chi connectivity index (χ3v) is 11.4. The van der Waals surface area contributed by atoms with Crippen molar-refractivity contribution in [1.82, 2.24) is 5.32 Å². The molecule has 0 radical (unpaired) electrons. The summed E-state index contributed by atoms with van der Waals surface area (Å²) in [6.45, 7) is 23.5. The van der Waals surface area contributed by atoms with E-state index in [1.807, 2.05) is 33.8 Å². The molecule has 2 heterocycles. The van der Waals surface area contributed by atoms with E-state index in [1.165, 1.54) is 22.4 Å². The van der Waals surface area contributed by atoms with Gasteiger partial charge in [0.15, 0.2) is 0 Å². The standard InChI is InChI=1S/C60H58N4.2C2H6/c1-6-23-55(64-41-20-18-24-46(3)56-33-14-16-36-60(56)64)32-13-11-30-51(53-42-52(49-27-9-8-10-28-49)43-54(44-53)57-34-17-19-39-62-57)45-58(61-4)48(7-2)31-22-40-63(5)59-35-15-12-29-50(59)38-37-47-25-21-26-47;2*1-2/h6-17,19-23,25-36,40-45,62H,2-4,18,24,37-39H2,1,5H3;2*1-2H3/b13-11-,23-6+,40-22-,41-20-,48-31+,51-30+,55-32+,58-45-;;. The second kappa shape index (κ2) is 27.7. The molecule has 0 amide bonds. The number of hydrogen-bond acceptors (Lipinski definition) is 4. The Bertz CT molecular complexity index is 2730. The number of allylic oxidation sites excluding steroid dienone is 19. The summed E-state index contributed by atoms with van der Waals surface area (Å²) in [7, 11) is 2.09. The zero-order valence-electron chi connectivity index (χ0n) is 41.2. The minimum absolute atomic E-state index is 0.710. The van der Waals surface area contributed by atoms with Crippen LogP contribution in [-0.2, 0) is 6.42 Å². The Balaban J connectivity index is 0.00000210. The summed E-state index contributed by atoms with van der Waals surface area (Å²) in [6, 6.07) is 34.4. The molecule has 0 spiro atoms. The molecule has 4 aromatic carbocycles. The van der Waals surface area contributed by atoms with Gasteiger partial charge in [0.2, 0.25) is 0 Å². The van der Waals surface area contributed by atoms with Crippen molar-refractivity contribution >= 4 is 34.9 Å². The van der Waals surface area contributed by atoms with Crippen LogP contribution in [0.3, 0.4) is 0 Å². The molecular weight excluding hydrogens is 825 g/mol. The van der Waals surface area contributed by atoms with Crippen LogP contribution < -0.4 is 15.1 Å². The SMILES string of the molecule is C=CC(=C\C=C/N(C)c1ccccc1CCC1=CC=C1)/C(=C/C(=C\C=C/C=C(\C=C\C)N1/C=C\CCC(=C)c2ccccc21)c1cc(C2=CC=CCN2)cc(-c2ccccc2)c1)N=C.CC.CC. The zero-order valence-corrected chi connectivity index (χ0v) is 41.2. The Morgan fingerprint density at radius 2 is 1.53 bits per heavy atom. The number of fused-ring (bicyclic) bond motifs is 1. The average molecular weight is 895 g/mol. The van der Waals surface area contributed by atoms with Crippen molar-refractivity contribution in [2.45, 2.75) is 60.3 Å². The van der Waals surface area contributed by atoms with E-state index >= 15 is 0 Å². The predicted octanol–water partition coefficient (Wildman–Crippen LogP) is 16.9. The largest absolute Gasteiger partial charge is 0.381 e. The molecular formula is C64H70N4. The predicted molar refractivity (Wildman–Crippen MR) is 301 cm³/mol. The van der Waals surface area contributed by atoms with E-state index in [-0.39, 0.29) is 0 Å². The van der Waals surface area contributed by atoms with Crippen molar-refractivity contribution in [3.63, 3.8) is 0 Å². The summed E-state index contributed by atoms with van der Waals surface area (Å²) in [4.78, 5) is 9.02. The molecule has 1 N–H and O–H groups in total. The normalized spacial score (nSPS) is 15.4. The van der Waals surface area contributed by atoms with Gasteiger partial charge in [0, 0.05) is 48.6 Å². The highest BCUT2D eigenvalue weighted by atomic mass is 15.1. The maximum atomic E-state index is 4.60. The highest BCUT2D eigenvalue weighted by Crippen LogP contribution is 2.35. The lowest BCUT2D eigenvalue weighted by Crippen LogP contribution is -2.16. The van der Waals surface area contributed by atoms with E-state index in [2.05, 4.69) is 261 Å². The molecule has 346 valence electrons. The van der Waals surface area contributed by atoms with Crippen LogP contribution in [0.1, 0.15) is 76.1 Å². The Hall–Kier alpha value is -7.69. The Labute approximate surface area is 409 Å². The van der Waals surface area contributed by atoms with Crippen LogP contribution in [0.25, 0.3) is 28.0 Å². The van der Waals surface area contributed by atoms with Gasteiger partial charge in [-0.2, -0.15) is 0 Å². The molecule has 7 rings (SSSR count). The number of benzene rings is 4. The lowest BCUT2D eigenvalue weighted by Gasteiger charge is -2.27. The number of rotatable bonds is 17. The molecule has 68 heavy (non-hydrogen) atoms. The van der Waals surface area contributed by atoms with Gasteiger partial charge >= 0.3 is 0 Å². The van der Waals surface area contributed by atoms with E-state index in [9.17, 15) is 0 Å². The second-order valence-corrected chi connectivity index (χ2v) is 15.8. The van der Waals surface area contributed by atoms with E-state index in [1.54, 1.807) is 0 Å². The van der Waals surface area contributed by atoms with E-state index < -0.39 is 0 Å². The molecule has 0 atom stereocenters. The fraction of sp³-hybridized carbons (Fsp3) is 0.172. The number of para-hydroxylation sites is 2. The molecule has 0 saturated heterocycles. The number of nitrogens with one attached hydrogen (secondary N) is 1. The summed E-state index contributed by atoms with van der Waals surface area (Å²) >= 11 is 0. The average Bonchev–Trinajstić information content (AvgIpc) is 3.38. The third kappa shape index (κ3) is 14.2. The quantitative estimate of drug-likeness (QED) is 0.0846. The van der Waals surface area contributed by atoms with Gasteiger partial charge in [-0.3, -0.25) is 4.99 Å². The summed E-state index contributed by atoms with van der Waals surface area (Å²) < 4.78 is 0. The van der Waals surface area contributed by atoms with E-state index in [0.29, 0.717) is 5.70 Å². The maximum Gasteiger partial charge on any atom is 0.0700 e. The lowest BCUT2D eigenvalue weighted by molar-refractivity contribution is 0.949. The first kappa shape index (κ1) is 51.3. The number of hydrogen-bond donors (Lipinski definition) is 1. The Morgan fingerprint density at radius 3 is 2.25 bits per heavy atom. The minimum Gasteiger partial charge on any atom is -0.381 e. The molecule has 4 aromatic rings. The molecule has 2 aliphatic heterocycles. The van der Waals surface area contributed by atoms with Crippen molar-refractivity contribution < 1.29 is 0 Å². The van der Waals surface area contributed by atoms with Gasteiger partial charge in [-0.05, 0) is 150 Å². The van der Waals surface area contributed by atoms with Gasteiger partial charge in [-0.15, -0.1) is 0 Å². The third-order valence-electron chi connectivity index (χ3n) is 11.4. The Kier molecular flexibility index (Phi) is 20.9. The van der Waals surface area contributed by atoms with Gasteiger partial charge in [-0.25, -0.2) is 0 Å². The first-order valence-corrected chi connectivity index (χ1v) is 24.1. The maximum absolute atomic E-state index is 4.60. The van der Waals surface area contributed by atoms with Crippen molar-refractivity contribution in [3.05, 3.63) is 271 Å².